The Morgan fingerprint density at radius 1 is 1.30 bits per heavy atom. The van der Waals surface area contributed by atoms with Crippen molar-refractivity contribution in [2.75, 3.05) is 26.7 Å². The molecule has 0 saturated heterocycles. The van der Waals surface area contributed by atoms with Gasteiger partial charge in [-0.15, -0.1) is 0 Å². The van der Waals surface area contributed by atoms with Crippen LogP contribution in [0.3, 0.4) is 0 Å². The summed E-state index contributed by atoms with van der Waals surface area (Å²) < 4.78 is 5.32. The molecule has 1 heterocycles. The molecule has 1 fully saturated rings. The minimum absolute atomic E-state index is 0.574. The van der Waals surface area contributed by atoms with Crippen LogP contribution in [-0.2, 0) is 6.54 Å². The smallest absolute Gasteiger partial charge is 0.191 e. The summed E-state index contributed by atoms with van der Waals surface area (Å²) >= 11 is 0. The number of hydrogen-bond acceptors (Lipinski definition) is 3. The Morgan fingerprint density at radius 2 is 2.13 bits per heavy atom. The van der Waals surface area contributed by atoms with Gasteiger partial charge < -0.3 is 20.0 Å². The number of guanidine groups is 1. The molecule has 0 bridgehead atoms. The molecule has 2 N–H and O–H groups in total. The first kappa shape index (κ1) is 17.9. The van der Waals surface area contributed by atoms with Crippen LogP contribution >= 0.6 is 0 Å². The number of furan rings is 1. The van der Waals surface area contributed by atoms with E-state index in [2.05, 4.69) is 34.5 Å². The lowest BCUT2D eigenvalue weighted by Crippen LogP contribution is -2.39. The van der Waals surface area contributed by atoms with Crippen LogP contribution < -0.4 is 10.6 Å². The van der Waals surface area contributed by atoms with Gasteiger partial charge in [0.2, 0.25) is 0 Å². The Bertz CT molecular complexity index is 438. The van der Waals surface area contributed by atoms with Gasteiger partial charge in [0, 0.05) is 19.1 Å². The summed E-state index contributed by atoms with van der Waals surface area (Å²) in [5, 5.41) is 6.69. The van der Waals surface area contributed by atoms with E-state index in [1.54, 1.807) is 6.26 Å². The molecule has 1 aromatic rings. The quantitative estimate of drug-likeness (QED) is 0.439. The molecular weight excluding hydrogens is 288 g/mol. The fraction of sp³-hybridized carbons (Fsp3) is 0.722. The molecule has 0 aliphatic heterocycles. The molecule has 0 radical (unpaired) electrons. The van der Waals surface area contributed by atoms with Crippen LogP contribution in [-0.4, -0.2) is 43.6 Å². The lowest BCUT2D eigenvalue weighted by atomic mass is 9.94. The third-order valence-electron chi connectivity index (χ3n) is 4.50. The summed E-state index contributed by atoms with van der Waals surface area (Å²) in [5.41, 5.74) is 0. The van der Waals surface area contributed by atoms with Gasteiger partial charge in [-0.25, -0.2) is 4.99 Å². The minimum atomic E-state index is 0.574. The molecule has 23 heavy (non-hydrogen) atoms. The fourth-order valence-electron chi connectivity index (χ4n) is 3.14. The highest BCUT2D eigenvalue weighted by molar-refractivity contribution is 5.79. The van der Waals surface area contributed by atoms with Crippen molar-refractivity contribution in [1.82, 2.24) is 15.5 Å². The van der Waals surface area contributed by atoms with Crippen LogP contribution in [0.2, 0.25) is 0 Å². The Morgan fingerprint density at radius 3 is 2.83 bits per heavy atom. The summed E-state index contributed by atoms with van der Waals surface area (Å²) in [6.07, 6.45) is 9.79. The second-order valence-electron chi connectivity index (χ2n) is 6.33. The second kappa shape index (κ2) is 10.3. The van der Waals surface area contributed by atoms with Crippen LogP contribution in [0.25, 0.3) is 0 Å². The van der Waals surface area contributed by atoms with Crippen LogP contribution in [0.5, 0.6) is 0 Å². The molecule has 1 aliphatic carbocycles. The van der Waals surface area contributed by atoms with Gasteiger partial charge in [0.15, 0.2) is 5.96 Å². The third kappa shape index (κ3) is 6.65. The Hall–Kier alpha value is -1.49. The van der Waals surface area contributed by atoms with Crippen molar-refractivity contribution in [2.24, 2.45) is 4.99 Å². The topological polar surface area (TPSA) is 52.8 Å². The van der Waals surface area contributed by atoms with Gasteiger partial charge >= 0.3 is 0 Å². The van der Waals surface area contributed by atoms with Gasteiger partial charge in [-0.3, -0.25) is 0 Å². The van der Waals surface area contributed by atoms with E-state index in [9.17, 15) is 0 Å². The SMILES string of the molecule is CCNC(=NCc1ccco1)NCCCN(C)C1CCCCC1. The summed E-state index contributed by atoms with van der Waals surface area (Å²) in [6, 6.07) is 4.64. The van der Waals surface area contributed by atoms with E-state index in [1.807, 2.05) is 12.1 Å². The van der Waals surface area contributed by atoms with Gasteiger partial charge in [-0.1, -0.05) is 19.3 Å². The predicted octanol–water partition coefficient (Wildman–Crippen LogP) is 2.99. The normalized spacial score (nSPS) is 16.7. The average molecular weight is 320 g/mol. The molecule has 0 aromatic carbocycles. The van der Waals surface area contributed by atoms with Crippen LogP contribution in [0, 0.1) is 0 Å². The van der Waals surface area contributed by atoms with E-state index in [4.69, 9.17) is 4.42 Å². The Kier molecular flexibility index (Phi) is 8.01. The summed E-state index contributed by atoms with van der Waals surface area (Å²) in [6.45, 7) is 5.62. The van der Waals surface area contributed by atoms with Crippen molar-refractivity contribution in [3.05, 3.63) is 24.2 Å². The minimum Gasteiger partial charge on any atom is -0.467 e. The molecule has 2 rings (SSSR count). The zero-order chi connectivity index (χ0) is 16.3. The van der Waals surface area contributed by atoms with Crippen LogP contribution in [0.4, 0.5) is 0 Å². The van der Waals surface area contributed by atoms with Crippen molar-refractivity contribution in [2.45, 2.75) is 58.0 Å². The standard InChI is InChI=1S/C18H32N4O/c1-3-19-18(21-15-17-11-7-14-23-17)20-12-8-13-22(2)16-9-5-4-6-10-16/h7,11,14,16H,3-6,8-10,12-13,15H2,1-2H3,(H2,19,20,21). The van der Waals surface area contributed by atoms with E-state index < -0.39 is 0 Å². The zero-order valence-electron chi connectivity index (χ0n) is 14.7. The molecule has 0 unspecified atom stereocenters. The van der Waals surface area contributed by atoms with E-state index in [0.717, 1.165) is 43.8 Å². The largest absolute Gasteiger partial charge is 0.467 e. The van der Waals surface area contributed by atoms with Gasteiger partial charge in [-0.05, 0) is 51.9 Å². The van der Waals surface area contributed by atoms with Gasteiger partial charge in [0.1, 0.15) is 12.3 Å². The lowest BCUT2D eigenvalue weighted by molar-refractivity contribution is 0.190. The maximum atomic E-state index is 5.32. The first-order valence-corrected chi connectivity index (χ1v) is 9.04. The Balaban J connectivity index is 1.66. The lowest BCUT2D eigenvalue weighted by Gasteiger charge is -2.31. The average Bonchev–Trinajstić information content (AvgIpc) is 3.10. The molecule has 1 saturated carbocycles. The van der Waals surface area contributed by atoms with Gasteiger partial charge in [0.05, 0.1) is 6.26 Å². The predicted molar refractivity (Wildman–Crippen MR) is 95.6 cm³/mol. The molecule has 130 valence electrons. The highest BCUT2D eigenvalue weighted by Crippen LogP contribution is 2.21. The maximum absolute atomic E-state index is 5.32. The molecule has 5 nitrogen and oxygen atoms in total. The van der Waals surface area contributed by atoms with Crippen molar-refractivity contribution in [1.29, 1.82) is 0 Å². The molecular formula is C18H32N4O. The first-order valence-electron chi connectivity index (χ1n) is 9.04. The number of nitrogens with zero attached hydrogens (tertiary/aromatic N) is 2. The summed E-state index contributed by atoms with van der Waals surface area (Å²) in [5.74, 6) is 1.75. The molecule has 0 atom stereocenters. The summed E-state index contributed by atoms with van der Waals surface area (Å²) in [4.78, 5) is 7.08. The van der Waals surface area contributed by atoms with Gasteiger partial charge in [0.25, 0.3) is 0 Å². The molecule has 5 heteroatoms. The van der Waals surface area contributed by atoms with Crippen LogP contribution in [0.1, 0.15) is 51.2 Å². The second-order valence-corrected chi connectivity index (χ2v) is 6.33. The van der Waals surface area contributed by atoms with Crippen LogP contribution in [0.15, 0.2) is 27.8 Å². The molecule has 0 amide bonds. The fourth-order valence-corrected chi connectivity index (χ4v) is 3.14. The highest BCUT2D eigenvalue weighted by Gasteiger charge is 2.17. The Labute approximate surface area is 140 Å². The number of aliphatic imine (C=N–C) groups is 1. The van der Waals surface area contributed by atoms with Crippen molar-refractivity contribution >= 4 is 5.96 Å². The van der Waals surface area contributed by atoms with Crippen molar-refractivity contribution in [3.8, 4) is 0 Å². The van der Waals surface area contributed by atoms with E-state index in [1.165, 1.54) is 32.1 Å². The number of nitrogens with one attached hydrogen (secondary N) is 2. The number of hydrogen-bond donors (Lipinski definition) is 2. The third-order valence-corrected chi connectivity index (χ3v) is 4.50. The zero-order valence-corrected chi connectivity index (χ0v) is 14.7. The van der Waals surface area contributed by atoms with Crippen molar-refractivity contribution in [3.63, 3.8) is 0 Å². The first-order chi connectivity index (χ1) is 11.3. The maximum Gasteiger partial charge on any atom is 0.191 e. The molecule has 0 spiro atoms. The molecule has 1 aromatic heterocycles. The van der Waals surface area contributed by atoms with E-state index in [-0.39, 0.29) is 0 Å². The number of rotatable bonds is 8. The summed E-state index contributed by atoms with van der Waals surface area (Å²) in [7, 11) is 2.27. The van der Waals surface area contributed by atoms with Gasteiger partial charge in [-0.2, -0.15) is 0 Å². The monoisotopic (exact) mass is 320 g/mol. The van der Waals surface area contributed by atoms with Crippen molar-refractivity contribution < 1.29 is 4.42 Å². The van der Waals surface area contributed by atoms with E-state index in [0.29, 0.717) is 6.54 Å². The highest BCUT2D eigenvalue weighted by atomic mass is 16.3. The molecule has 1 aliphatic rings. The van der Waals surface area contributed by atoms with E-state index >= 15 is 0 Å².